The Kier molecular flexibility index (Phi) is 5.79. The Bertz CT molecular complexity index is 395. The molecule has 0 saturated carbocycles. The Hall–Kier alpha value is -1.59. The van der Waals surface area contributed by atoms with Crippen molar-refractivity contribution in [1.29, 1.82) is 0 Å². The first-order valence-corrected chi connectivity index (χ1v) is 6.85. The van der Waals surface area contributed by atoms with Gasteiger partial charge >= 0.3 is 6.01 Å². The number of nitrogens with one attached hydrogen (secondary N) is 2. The van der Waals surface area contributed by atoms with E-state index < -0.39 is 0 Å². The van der Waals surface area contributed by atoms with Crippen molar-refractivity contribution < 1.29 is 4.74 Å². The minimum atomic E-state index is 0.0345. The van der Waals surface area contributed by atoms with Gasteiger partial charge in [-0.25, -0.2) is 0 Å². The van der Waals surface area contributed by atoms with Gasteiger partial charge in [0.1, 0.15) is 0 Å². The largest absolute Gasteiger partial charge is 0.461 e. The van der Waals surface area contributed by atoms with E-state index in [4.69, 9.17) is 4.74 Å². The highest BCUT2D eigenvalue weighted by Crippen LogP contribution is 2.14. The van der Waals surface area contributed by atoms with E-state index in [0.29, 0.717) is 23.8 Å². The van der Waals surface area contributed by atoms with Gasteiger partial charge in [0.05, 0.1) is 6.10 Å². The first-order valence-electron chi connectivity index (χ1n) is 6.85. The predicted octanol–water partition coefficient (Wildman–Crippen LogP) is 2.55. The molecule has 0 bridgehead atoms. The van der Waals surface area contributed by atoms with Gasteiger partial charge in [-0.2, -0.15) is 15.0 Å². The smallest absolute Gasteiger partial charge is 0.323 e. The van der Waals surface area contributed by atoms with Crippen molar-refractivity contribution in [2.24, 2.45) is 5.92 Å². The molecule has 0 aromatic carbocycles. The minimum Gasteiger partial charge on any atom is -0.461 e. The van der Waals surface area contributed by atoms with Crippen LogP contribution in [0.5, 0.6) is 6.01 Å². The molecule has 19 heavy (non-hydrogen) atoms. The van der Waals surface area contributed by atoms with Crippen molar-refractivity contribution in [3.63, 3.8) is 0 Å². The van der Waals surface area contributed by atoms with Gasteiger partial charge in [-0.05, 0) is 33.6 Å². The normalized spacial score (nSPS) is 12.6. The van der Waals surface area contributed by atoms with Crippen LogP contribution in [-0.4, -0.2) is 33.6 Å². The summed E-state index contributed by atoms with van der Waals surface area (Å²) in [5, 5.41) is 6.35. The lowest BCUT2D eigenvalue weighted by molar-refractivity contribution is 0.222. The fourth-order valence-electron chi connectivity index (χ4n) is 1.29. The van der Waals surface area contributed by atoms with E-state index in [1.807, 2.05) is 20.8 Å². The SMILES string of the molecule is CCNc1nc(NC(C)C(C)C)nc(OC(C)C)n1. The van der Waals surface area contributed by atoms with Crippen LogP contribution in [0.15, 0.2) is 0 Å². The third-order valence-electron chi connectivity index (χ3n) is 2.65. The molecule has 0 fully saturated rings. The molecule has 1 heterocycles. The number of hydrogen-bond donors (Lipinski definition) is 2. The highest BCUT2D eigenvalue weighted by molar-refractivity contribution is 5.36. The Morgan fingerprint density at radius 2 is 1.63 bits per heavy atom. The Labute approximate surface area is 115 Å². The number of ether oxygens (including phenoxy) is 1. The summed E-state index contributed by atoms with van der Waals surface area (Å²) in [6.07, 6.45) is 0.0345. The zero-order valence-corrected chi connectivity index (χ0v) is 12.7. The third-order valence-corrected chi connectivity index (χ3v) is 2.65. The zero-order chi connectivity index (χ0) is 14.4. The average Bonchev–Trinajstić information content (AvgIpc) is 2.27. The van der Waals surface area contributed by atoms with E-state index in [-0.39, 0.29) is 12.1 Å². The summed E-state index contributed by atoms with van der Waals surface area (Å²) in [7, 11) is 0. The molecule has 2 N–H and O–H groups in total. The number of nitrogens with zero attached hydrogens (tertiary/aromatic N) is 3. The molecular formula is C13H25N5O. The van der Waals surface area contributed by atoms with Gasteiger partial charge in [-0.15, -0.1) is 0 Å². The molecule has 0 spiro atoms. The molecule has 0 saturated heterocycles. The fourth-order valence-corrected chi connectivity index (χ4v) is 1.29. The lowest BCUT2D eigenvalue weighted by Crippen LogP contribution is -2.24. The van der Waals surface area contributed by atoms with Gasteiger partial charge in [-0.3, -0.25) is 0 Å². The first-order chi connectivity index (χ1) is 8.92. The first kappa shape index (κ1) is 15.5. The molecule has 1 unspecified atom stereocenters. The Morgan fingerprint density at radius 3 is 2.16 bits per heavy atom. The van der Waals surface area contributed by atoms with Crippen LogP contribution in [0.1, 0.15) is 41.5 Å². The van der Waals surface area contributed by atoms with Crippen molar-refractivity contribution in [3.05, 3.63) is 0 Å². The molecule has 0 aliphatic carbocycles. The fraction of sp³-hybridized carbons (Fsp3) is 0.769. The van der Waals surface area contributed by atoms with Crippen LogP contribution in [0.4, 0.5) is 11.9 Å². The van der Waals surface area contributed by atoms with E-state index in [2.05, 4.69) is 46.4 Å². The van der Waals surface area contributed by atoms with Crippen molar-refractivity contribution in [2.75, 3.05) is 17.2 Å². The van der Waals surface area contributed by atoms with Gasteiger partial charge in [0.15, 0.2) is 0 Å². The van der Waals surface area contributed by atoms with Crippen LogP contribution in [0.2, 0.25) is 0 Å². The molecule has 1 aromatic heterocycles. The average molecular weight is 267 g/mol. The van der Waals surface area contributed by atoms with Gasteiger partial charge in [0, 0.05) is 12.6 Å². The summed E-state index contributed by atoms with van der Waals surface area (Å²) in [6, 6.07) is 0.628. The van der Waals surface area contributed by atoms with Crippen molar-refractivity contribution in [3.8, 4) is 6.01 Å². The van der Waals surface area contributed by atoms with Crippen LogP contribution in [0, 0.1) is 5.92 Å². The molecule has 0 aliphatic rings. The standard InChI is InChI=1S/C13H25N5O/c1-7-14-11-16-12(15-10(6)8(2)3)18-13(17-11)19-9(4)5/h8-10H,7H2,1-6H3,(H2,14,15,16,17,18). The number of aromatic nitrogens is 3. The second-order valence-electron chi connectivity index (χ2n) is 5.14. The zero-order valence-electron chi connectivity index (χ0n) is 12.7. The summed E-state index contributed by atoms with van der Waals surface area (Å²) in [5.74, 6) is 1.57. The molecule has 1 aromatic rings. The van der Waals surface area contributed by atoms with Gasteiger partial charge < -0.3 is 15.4 Å². The minimum absolute atomic E-state index is 0.0345. The monoisotopic (exact) mass is 267 g/mol. The highest BCUT2D eigenvalue weighted by atomic mass is 16.5. The summed E-state index contributed by atoms with van der Waals surface area (Å²) in [4.78, 5) is 12.8. The van der Waals surface area contributed by atoms with Crippen LogP contribution in [-0.2, 0) is 0 Å². The molecule has 0 radical (unpaired) electrons. The van der Waals surface area contributed by atoms with Crippen molar-refractivity contribution >= 4 is 11.9 Å². The maximum atomic E-state index is 5.54. The second-order valence-corrected chi connectivity index (χ2v) is 5.14. The van der Waals surface area contributed by atoms with Crippen LogP contribution >= 0.6 is 0 Å². The molecule has 0 amide bonds. The Balaban J connectivity index is 2.92. The molecule has 1 rings (SSSR count). The molecule has 108 valence electrons. The van der Waals surface area contributed by atoms with E-state index >= 15 is 0 Å². The maximum Gasteiger partial charge on any atom is 0.323 e. The summed E-state index contributed by atoms with van der Waals surface area (Å²) in [6.45, 7) is 13.0. The van der Waals surface area contributed by atoms with Crippen LogP contribution in [0.3, 0.4) is 0 Å². The third kappa shape index (κ3) is 5.28. The van der Waals surface area contributed by atoms with E-state index in [1.165, 1.54) is 0 Å². The molecular weight excluding hydrogens is 242 g/mol. The van der Waals surface area contributed by atoms with E-state index in [1.54, 1.807) is 0 Å². The van der Waals surface area contributed by atoms with Gasteiger partial charge in [0.25, 0.3) is 0 Å². The van der Waals surface area contributed by atoms with Crippen molar-refractivity contribution in [1.82, 2.24) is 15.0 Å². The molecule has 6 nitrogen and oxygen atoms in total. The summed E-state index contributed by atoms with van der Waals surface area (Å²) in [5.41, 5.74) is 0. The van der Waals surface area contributed by atoms with Crippen LogP contribution < -0.4 is 15.4 Å². The maximum absolute atomic E-state index is 5.54. The second kappa shape index (κ2) is 7.11. The highest BCUT2D eigenvalue weighted by Gasteiger charge is 2.12. The Morgan fingerprint density at radius 1 is 1.00 bits per heavy atom. The quantitative estimate of drug-likeness (QED) is 0.791. The van der Waals surface area contributed by atoms with Crippen molar-refractivity contribution in [2.45, 2.75) is 53.7 Å². The summed E-state index contributed by atoms with van der Waals surface area (Å²) < 4.78 is 5.54. The molecule has 1 atom stereocenters. The summed E-state index contributed by atoms with van der Waals surface area (Å²) >= 11 is 0. The molecule has 0 aliphatic heterocycles. The van der Waals surface area contributed by atoms with E-state index in [0.717, 1.165) is 6.54 Å². The molecule has 6 heteroatoms. The van der Waals surface area contributed by atoms with Crippen LogP contribution in [0.25, 0.3) is 0 Å². The lowest BCUT2D eigenvalue weighted by atomic mass is 10.1. The van der Waals surface area contributed by atoms with Gasteiger partial charge in [-0.1, -0.05) is 13.8 Å². The predicted molar refractivity (Wildman–Crippen MR) is 77.7 cm³/mol. The van der Waals surface area contributed by atoms with E-state index in [9.17, 15) is 0 Å². The number of rotatable bonds is 7. The number of anilines is 2. The number of hydrogen-bond acceptors (Lipinski definition) is 6. The lowest BCUT2D eigenvalue weighted by Gasteiger charge is -2.18. The van der Waals surface area contributed by atoms with Gasteiger partial charge in [0.2, 0.25) is 11.9 Å². The topological polar surface area (TPSA) is 72.0 Å².